The molecule has 5 nitrogen and oxygen atoms in total. The Morgan fingerprint density at radius 3 is 2.62 bits per heavy atom. The normalized spacial score (nSPS) is 16.2. The van der Waals surface area contributed by atoms with Crippen molar-refractivity contribution >= 4 is 23.3 Å². The second kappa shape index (κ2) is 9.62. The number of aromatic nitrogens is 1. The zero-order chi connectivity index (χ0) is 18.2. The lowest BCUT2D eigenvalue weighted by atomic mass is 10.2. The van der Waals surface area contributed by atoms with Crippen molar-refractivity contribution in [2.75, 3.05) is 39.3 Å². The fourth-order valence-electron chi connectivity index (χ4n) is 3.03. The molecular weight excluding hydrogens is 344 g/mol. The predicted molar refractivity (Wildman–Crippen MR) is 107 cm³/mol. The number of hydrogen-bond donors (Lipinski definition) is 1. The van der Waals surface area contributed by atoms with Crippen LogP contribution < -0.4 is 5.32 Å². The van der Waals surface area contributed by atoms with Crippen molar-refractivity contribution in [3.05, 3.63) is 58.1 Å². The Morgan fingerprint density at radius 1 is 1.19 bits per heavy atom. The molecule has 0 saturated carbocycles. The first kappa shape index (κ1) is 18.8. The Labute approximate surface area is 159 Å². The van der Waals surface area contributed by atoms with Crippen LogP contribution in [0.3, 0.4) is 0 Å². The zero-order valence-electron chi connectivity index (χ0n) is 15.2. The molecule has 6 heteroatoms. The Hall–Kier alpha value is -2.02. The predicted octanol–water partition coefficient (Wildman–Crippen LogP) is 2.40. The van der Waals surface area contributed by atoms with Crippen molar-refractivity contribution in [1.82, 2.24) is 20.1 Å². The van der Waals surface area contributed by atoms with E-state index in [1.165, 1.54) is 5.56 Å². The van der Waals surface area contributed by atoms with Crippen LogP contribution in [0.5, 0.6) is 0 Å². The number of carbonyl (C=O) groups excluding carboxylic acids is 1. The third kappa shape index (κ3) is 6.05. The van der Waals surface area contributed by atoms with Gasteiger partial charge in [-0.25, -0.2) is 4.98 Å². The molecule has 0 unspecified atom stereocenters. The van der Waals surface area contributed by atoms with E-state index in [0.29, 0.717) is 6.54 Å². The largest absolute Gasteiger partial charge is 0.351 e. The quantitative estimate of drug-likeness (QED) is 0.761. The van der Waals surface area contributed by atoms with Gasteiger partial charge < -0.3 is 5.32 Å². The number of hydrogen-bond acceptors (Lipinski definition) is 5. The van der Waals surface area contributed by atoms with Crippen molar-refractivity contribution in [3.8, 4) is 0 Å². The zero-order valence-corrected chi connectivity index (χ0v) is 16.0. The van der Waals surface area contributed by atoms with E-state index >= 15 is 0 Å². The van der Waals surface area contributed by atoms with Gasteiger partial charge in [0.2, 0.25) is 5.91 Å². The highest BCUT2D eigenvalue weighted by Gasteiger charge is 2.16. The van der Waals surface area contributed by atoms with Gasteiger partial charge in [-0.05, 0) is 18.6 Å². The number of nitrogens with zero attached hydrogens (tertiary/aromatic N) is 3. The van der Waals surface area contributed by atoms with E-state index in [2.05, 4.69) is 50.4 Å². The first-order valence-corrected chi connectivity index (χ1v) is 9.94. The van der Waals surface area contributed by atoms with Crippen molar-refractivity contribution in [2.45, 2.75) is 13.5 Å². The van der Waals surface area contributed by atoms with Crippen LogP contribution in [0, 0.1) is 6.92 Å². The molecule has 1 aromatic carbocycles. The molecule has 138 valence electrons. The molecule has 0 atom stereocenters. The fourth-order valence-corrected chi connectivity index (χ4v) is 3.61. The molecule has 1 amide bonds. The van der Waals surface area contributed by atoms with Crippen LogP contribution >= 0.6 is 11.3 Å². The van der Waals surface area contributed by atoms with E-state index in [-0.39, 0.29) is 5.91 Å². The van der Waals surface area contributed by atoms with Crippen LogP contribution in [0.25, 0.3) is 6.08 Å². The topological polar surface area (TPSA) is 48.5 Å². The van der Waals surface area contributed by atoms with E-state index in [0.717, 1.165) is 50.0 Å². The Bertz CT molecular complexity index is 720. The average Bonchev–Trinajstić information content (AvgIpc) is 3.08. The van der Waals surface area contributed by atoms with Crippen LogP contribution in [0.4, 0.5) is 0 Å². The number of piperazine rings is 1. The van der Waals surface area contributed by atoms with Crippen LogP contribution in [0.15, 0.2) is 41.8 Å². The molecule has 1 aliphatic rings. The molecule has 1 aromatic heterocycles. The number of nitrogens with one attached hydrogen (secondary N) is 1. The van der Waals surface area contributed by atoms with Gasteiger partial charge in [0.15, 0.2) is 0 Å². The molecule has 2 heterocycles. The van der Waals surface area contributed by atoms with E-state index in [9.17, 15) is 4.79 Å². The van der Waals surface area contributed by atoms with Crippen molar-refractivity contribution in [1.29, 1.82) is 0 Å². The number of aryl methyl sites for hydroxylation is 1. The minimum Gasteiger partial charge on any atom is -0.351 e. The third-order valence-electron chi connectivity index (χ3n) is 4.48. The molecule has 0 bridgehead atoms. The average molecular weight is 371 g/mol. The molecule has 2 aromatic rings. The molecule has 3 rings (SSSR count). The summed E-state index contributed by atoms with van der Waals surface area (Å²) in [7, 11) is 0. The molecule has 1 saturated heterocycles. The minimum absolute atomic E-state index is 0.0571. The maximum Gasteiger partial charge on any atom is 0.244 e. The minimum atomic E-state index is -0.0571. The van der Waals surface area contributed by atoms with Gasteiger partial charge in [-0.3, -0.25) is 14.6 Å². The molecule has 1 N–H and O–H groups in total. The fraction of sp³-hybridized carbons (Fsp3) is 0.400. The number of benzene rings is 1. The van der Waals surface area contributed by atoms with Gasteiger partial charge in [-0.2, -0.15) is 0 Å². The van der Waals surface area contributed by atoms with Crippen molar-refractivity contribution < 1.29 is 4.79 Å². The highest BCUT2D eigenvalue weighted by Crippen LogP contribution is 2.09. The molecule has 26 heavy (non-hydrogen) atoms. The molecular formula is C20H26N4OS. The van der Waals surface area contributed by atoms with Crippen molar-refractivity contribution in [3.63, 3.8) is 0 Å². The summed E-state index contributed by atoms with van der Waals surface area (Å²) in [6.07, 6.45) is 3.33. The number of amides is 1. The van der Waals surface area contributed by atoms with Gasteiger partial charge in [0.1, 0.15) is 0 Å². The first-order chi connectivity index (χ1) is 12.7. The summed E-state index contributed by atoms with van der Waals surface area (Å²) >= 11 is 1.59. The summed E-state index contributed by atoms with van der Waals surface area (Å²) in [6, 6.07) is 10.6. The highest BCUT2D eigenvalue weighted by molar-refractivity contribution is 7.09. The van der Waals surface area contributed by atoms with E-state index in [4.69, 9.17) is 0 Å². The molecule has 0 radical (unpaired) electrons. The summed E-state index contributed by atoms with van der Waals surface area (Å²) in [5.41, 5.74) is 2.22. The van der Waals surface area contributed by atoms with Crippen LogP contribution in [0.1, 0.15) is 16.3 Å². The molecule has 1 aliphatic heterocycles. The SMILES string of the molecule is Cc1nc(/C=C/C(=O)NCCN2CCN(Cc3ccccc3)CC2)cs1. The second-order valence-electron chi connectivity index (χ2n) is 6.52. The van der Waals surface area contributed by atoms with Gasteiger partial charge in [-0.1, -0.05) is 30.3 Å². The lowest BCUT2D eigenvalue weighted by Crippen LogP contribution is -2.47. The Balaban J connectivity index is 1.31. The van der Waals surface area contributed by atoms with Gasteiger partial charge >= 0.3 is 0 Å². The number of carbonyl (C=O) groups is 1. The lowest BCUT2D eigenvalue weighted by Gasteiger charge is -2.34. The van der Waals surface area contributed by atoms with Gasteiger partial charge in [0, 0.05) is 57.3 Å². The van der Waals surface area contributed by atoms with Gasteiger partial charge in [-0.15, -0.1) is 11.3 Å². The summed E-state index contributed by atoms with van der Waals surface area (Å²) in [4.78, 5) is 21.1. The summed E-state index contributed by atoms with van der Waals surface area (Å²) < 4.78 is 0. The number of rotatable bonds is 7. The highest BCUT2D eigenvalue weighted by atomic mass is 32.1. The van der Waals surface area contributed by atoms with Crippen molar-refractivity contribution in [2.24, 2.45) is 0 Å². The van der Waals surface area contributed by atoms with E-state index < -0.39 is 0 Å². The standard InChI is InChI=1S/C20H26N4OS/c1-17-22-19(16-26-17)7-8-20(25)21-9-10-23-11-13-24(14-12-23)15-18-5-3-2-4-6-18/h2-8,16H,9-15H2,1H3,(H,21,25)/b8-7+. The monoisotopic (exact) mass is 370 g/mol. The Kier molecular flexibility index (Phi) is 6.94. The van der Waals surface area contributed by atoms with Crippen LogP contribution in [-0.4, -0.2) is 60.0 Å². The molecule has 0 spiro atoms. The van der Waals surface area contributed by atoms with Crippen LogP contribution in [0.2, 0.25) is 0 Å². The molecule has 0 aliphatic carbocycles. The summed E-state index contributed by atoms with van der Waals surface area (Å²) in [6.45, 7) is 8.81. The summed E-state index contributed by atoms with van der Waals surface area (Å²) in [5.74, 6) is -0.0571. The lowest BCUT2D eigenvalue weighted by molar-refractivity contribution is -0.116. The first-order valence-electron chi connectivity index (χ1n) is 9.06. The third-order valence-corrected chi connectivity index (χ3v) is 5.28. The van der Waals surface area contributed by atoms with Gasteiger partial charge in [0.25, 0.3) is 0 Å². The summed E-state index contributed by atoms with van der Waals surface area (Å²) in [5, 5.41) is 5.92. The van der Waals surface area contributed by atoms with E-state index in [1.807, 2.05) is 12.3 Å². The maximum atomic E-state index is 11.9. The molecule has 1 fully saturated rings. The van der Waals surface area contributed by atoms with E-state index in [1.54, 1.807) is 23.5 Å². The Morgan fingerprint density at radius 2 is 1.92 bits per heavy atom. The number of thiazole rings is 1. The van der Waals surface area contributed by atoms with Gasteiger partial charge in [0.05, 0.1) is 10.7 Å². The second-order valence-corrected chi connectivity index (χ2v) is 7.58. The maximum absolute atomic E-state index is 11.9. The smallest absolute Gasteiger partial charge is 0.244 e. The van der Waals surface area contributed by atoms with Crippen LogP contribution in [-0.2, 0) is 11.3 Å².